The van der Waals surface area contributed by atoms with Crippen LogP contribution in [0.3, 0.4) is 0 Å². The summed E-state index contributed by atoms with van der Waals surface area (Å²) in [7, 11) is 4.89. The molecule has 2 aromatic carbocycles. The molecule has 0 aromatic heterocycles. The van der Waals surface area contributed by atoms with Crippen molar-refractivity contribution in [2.45, 2.75) is 82.1 Å². The molecule has 4 N–H and O–H groups in total. The zero-order valence-electron chi connectivity index (χ0n) is 26.9. The van der Waals surface area contributed by atoms with Crippen molar-refractivity contribution in [1.29, 1.82) is 0 Å². The molecule has 4 heterocycles. The lowest BCUT2D eigenvalue weighted by atomic mass is 9.72. The fraction of sp³-hybridized carbons (Fsp3) is 0.647. The molecule has 248 valence electrons. The number of aliphatic hydroxyl groups excluding tert-OH is 3. The Bertz CT molecular complexity index is 1370. The molecule has 0 spiro atoms. The van der Waals surface area contributed by atoms with Gasteiger partial charge in [-0.1, -0.05) is 13.3 Å². The van der Waals surface area contributed by atoms with E-state index < -0.39 is 24.1 Å². The summed E-state index contributed by atoms with van der Waals surface area (Å²) in [4.78, 5) is 9.11. The number of aliphatic hydroxyl groups is 3. The molecule has 0 aliphatic carbocycles. The molecule has 2 aromatic rings. The van der Waals surface area contributed by atoms with Crippen molar-refractivity contribution in [3.63, 3.8) is 0 Å². The maximum atomic E-state index is 10.9. The maximum absolute atomic E-state index is 10.9. The summed E-state index contributed by atoms with van der Waals surface area (Å²) in [6, 6.07) is 7.95. The zero-order chi connectivity index (χ0) is 32.0. The van der Waals surface area contributed by atoms with Gasteiger partial charge in [-0.25, -0.2) is 0 Å². The molecule has 2 fully saturated rings. The molecule has 45 heavy (non-hydrogen) atoms. The minimum absolute atomic E-state index is 0.0995. The van der Waals surface area contributed by atoms with Gasteiger partial charge in [0.25, 0.3) is 0 Å². The van der Waals surface area contributed by atoms with E-state index in [4.69, 9.17) is 23.8 Å². The average molecular weight is 629 g/mol. The predicted molar refractivity (Wildman–Crippen MR) is 165 cm³/mol. The lowest BCUT2D eigenvalue weighted by Gasteiger charge is -2.50. The molecule has 0 radical (unpaired) electrons. The minimum atomic E-state index is -1.55. The quantitative estimate of drug-likeness (QED) is 0.344. The third kappa shape index (κ3) is 5.88. The van der Waals surface area contributed by atoms with Crippen molar-refractivity contribution in [2.75, 3.05) is 47.6 Å². The third-order valence-electron chi connectivity index (χ3n) is 10.7. The van der Waals surface area contributed by atoms with E-state index in [-0.39, 0.29) is 24.4 Å². The molecule has 4 aliphatic heterocycles. The van der Waals surface area contributed by atoms with E-state index in [9.17, 15) is 20.4 Å². The van der Waals surface area contributed by atoms with Crippen LogP contribution in [0.25, 0.3) is 0 Å². The Balaban J connectivity index is 1.34. The van der Waals surface area contributed by atoms with Crippen molar-refractivity contribution >= 4 is 0 Å². The van der Waals surface area contributed by atoms with Gasteiger partial charge < -0.3 is 39.4 Å². The zero-order valence-corrected chi connectivity index (χ0v) is 26.9. The summed E-state index contributed by atoms with van der Waals surface area (Å²) in [6.45, 7) is 6.18. The number of nitrogens with zero attached hydrogens (tertiary/aromatic N) is 2. The number of benzene rings is 2. The third-order valence-corrected chi connectivity index (χ3v) is 10.7. The molecule has 0 amide bonds. The normalized spacial score (nSPS) is 33.6. The van der Waals surface area contributed by atoms with E-state index >= 15 is 0 Å². The van der Waals surface area contributed by atoms with Gasteiger partial charge in [-0.3, -0.25) is 9.74 Å². The van der Waals surface area contributed by atoms with E-state index in [0.717, 1.165) is 61.4 Å². The molecule has 0 saturated carbocycles. The number of hydroxylamine groups is 2. The lowest BCUT2D eigenvalue weighted by Crippen LogP contribution is -2.62. The fourth-order valence-electron chi connectivity index (χ4n) is 8.02. The van der Waals surface area contributed by atoms with Crippen LogP contribution in [0.4, 0.5) is 0 Å². The number of phenols is 1. The monoisotopic (exact) mass is 628 g/mol. The first-order chi connectivity index (χ1) is 21.6. The second kappa shape index (κ2) is 12.9. The summed E-state index contributed by atoms with van der Waals surface area (Å²) >= 11 is 0. The van der Waals surface area contributed by atoms with E-state index in [0.29, 0.717) is 30.6 Å². The first kappa shape index (κ1) is 32.3. The molecule has 11 heteroatoms. The van der Waals surface area contributed by atoms with Gasteiger partial charge in [0.2, 0.25) is 5.79 Å². The predicted octanol–water partition coefficient (Wildman–Crippen LogP) is 3.11. The van der Waals surface area contributed by atoms with Crippen molar-refractivity contribution in [2.24, 2.45) is 11.8 Å². The van der Waals surface area contributed by atoms with Crippen LogP contribution in [0, 0.1) is 11.8 Å². The molecule has 0 bridgehead atoms. The summed E-state index contributed by atoms with van der Waals surface area (Å²) < 4.78 is 22.7. The van der Waals surface area contributed by atoms with Gasteiger partial charge in [0.05, 0.1) is 34.0 Å². The maximum Gasteiger partial charge on any atom is 0.213 e. The highest BCUT2D eigenvalue weighted by Crippen LogP contribution is 2.49. The molecule has 8 atom stereocenters. The van der Waals surface area contributed by atoms with Gasteiger partial charge >= 0.3 is 0 Å². The lowest BCUT2D eigenvalue weighted by molar-refractivity contribution is -0.408. The van der Waals surface area contributed by atoms with Crippen molar-refractivity contribution in [3.05, 3.63) is 46.5 Å². The second-order valence-electron chi connectivity index (χ2n) is 13.1. The van der Waals surface area contributed by atoms with E-state index in [1.54, 1.807) is 34.3 Å². The molecule has 2 saturated heterocycles. The number of hydrogen-bond donors (Lipinski definition) is 4. The summed E-state index contributed by atoms with van der Waals surface area (Å²) in [6.07, 6.45) is 0.289. The SMILES string of the molecule is CCC1CN2CCc3cc(OC)c(OC)cc3C2CC1CC1c2cc(OC)c(O)cc2CCN1OC1(C)OCC(O)C(O)C1O. The van der Waals surface area contributed by atoms with Gasteiger partial charge in [0, 0.05) is 25.7 Å². The smallest absolute Gasteiger partial charge is 0.213 e. The number of phenolic OH excluding ortho intramolecular Hbond substituents is 1. The second-order valence-corrected chi connectivity index (χ2v) is 13.1. The van der Waals surface area contributed by atoms with Crippen LogP contribution < -0.4 is 14.2 Å². The highest BCUT2D eigenvalue weighted by Gasteiger charge is 2.50. The number of methoxy groups -OCH3 is 3. The highest BCUT2D eigenvalue weighted by molar-refractivity contribution is 5.50. The summed E-state index contributed by atoms with van der Waals surface area (Å²) in [5.74, 6) is 1.22. The van der Waals surface area contributed by atoms with Crippen LogP contribution >= 0.6 is 0 Å². The Labute approximate surface area is 265 Å². The number of ether oxygens (including phenoxy) is 4. The van der Waals surface area contributed by atoms with Crippen molar-refractivity contribution in [1.82, 2.24) is 9.96 Å². The minimum Gasteiger partial charge on any atom is -0.504 e. The largest absolute Gasteiger partial charge is 0.504 e. The Kier molecular flexibility index (Phi) is 9.24. The fourth-order valence-corrected chi connectivity index (χ4v) is 8.02. The Morgan fingerprint density at radius 2 is 1.56 bits per heavy atom. The Morgan fingerprint density at radius 3 is 2.27 bits per heavy atom. The number of fused-ring (bicyclic) bond motifs is 4. The van der Waals surface area contributed by atoms with Gasteiger partial charge in [0.1, 0.15) is 18.3 Å². The average Bonchev–Trinajstić information content (AvgIpc) is 3.05. The number of hydrogen-bond acceptors (Lipinski definition) is 11. The molecular weight excluding hydrogens is 580 g/mol. The van der Waals surface area contributed by atoms with Crippen LogP contribution in [0.15, 0.2) is 24.3 Å². The van der Waals surface area contributed by atoms with Crippen molar-refractivity contribution in [3.8, 4) is 23.0 Å². The highest BCUT2D eigenvalue weighted by atomic mass is 16.8. The van der Waals surface area contributed by atoms with Gasteiger partial charge in [-0.05, 0) is 91.0 Å². The van der Waals surface area contributed by atoms with Crippen LogP contribution in [-0.2, 0) is 22.4 Å². The van der Waals surface area contributed by atoms with Gasteiger partial charge in [-0.2, -0.15) is 5.06 Å². The number of aromatic hydroxyl groups is 1. The van der Waals surface area contributed by atoms with E-state index in [1.165, 1.54) is 11.1 Å². The van der Waals surface area contributed by atoms with Crippen LogP contribution in [-0.4, -0.2) is 102 Å². The molecule has 6 rings (SSSR count). The van der Waals surface area contributed by atoms with Crippen LogP contribution in [0.2, 0.25) is 0 Å². The first-order valence-corrected chi connectivity index (χ1v) is 16.1. The van der Waals surface area contributed by atoms with Crippen molar-refractivity contribution < 1.29 is 44.2 Å². The Hall–Kier alpha value is -2.64. The first-order valence-electron chi connectivity index (χ1n) is 16.1. The molecule has 11 nitrogen and oxygen atoms in total. The van der Waals surface area contributed by atoms with Crippen LogP contribution in [0.1, 0.15) is 67.4 Å². The number of piperidine rings is 1. The number of rotatable bonds is 8. The molecule has 8 unspecified atom stereocenters. The summed E-state index contributed by atoms with van der Waals surface area (Å²) in [5, 5.41) is 44.0. The standard InChI is InChI=1S/C34H48N2O9/c1-6-19-17-35-9-7-21-14-30(42-4)31(43-5)16-23(21)25(35)11-22(19)12-26-24-15-29(41-3)27(37)13-20(24)8-10-36(26)45-34(2)33(40)32(39)28(38)18-44-34/h13-16,19,22,25-26,28,32-33,37-40H,6-12,17-18H2,1-5H3. The Morgan fingerprint density at radius 1 is 0.889 bits per heavy atom. The topological polar surface area (TPSA) is 134 Å². The molecule has 4 aliphatic rings. The summed E-state index contributed by atoms with van der Waals surface area (Å²) in [5.41, 5.74) is 4.61. The van der Waals surface area contributed by atoms with E-state index in [2.05, 4.69) is 24.0 Å². The van der Waals surface area contributed by atoms with Gasteiger partial charge in [0.15, 0.2) is 23.0 Å². The van der Waals surface area contributed by atoms with Gasteiger partial charge in [-0.15, -0.1) is 0 Å². The van der Waals surface area contributed by atoms with Crippen LogP contribution in [0.5, 0.6) is 23.0 Å². The van der Waals surface area contributed by atoms with E-state index in [1.807, 2.05) is 11.1 Å². The molecular formula is C34H48N2O9.